The second-order valence-electron chi connectivity index (χ2n) is 9.00. The summed E-state index contributed by atoms with van der Waals surface area (Å²) in [6, 6.07) is 9.39. The second kappa shape index (κ2) is 10.6. The second-order valence-corrected chi connectivity index (χ2v) is 9.00. The van der Waals surface area contributed by atoms with Crippen LogP contribution in [0.5, 0.6) is 11.5 Å². The fourth-order valence-electron chi connectivity index (χ4n) is 4.36. The van der Waals surface area contributed by atoms with E-state index in [1.54, 1.807) is 13.2 Å². The van der Waals surface area contributed by atoms with E-state index in [1.165, 1.54) is 0 Å². The molecule has 2 N–H and O–H groups in total. The molecule has 0 spiro atoms. The van der Waals surface area contributed by atoms with Gasteiger partial charge in [-0.1, -0.05) is 12.1 Å². The van der Waals surface area contributed by atoms with Gasteiger partial charge in [0.25, 0.3) is 5.91 Å². The van der Waals surface area contributed by atoms with Crippen molar-refractivity contribution >= 4 is 11.6 Å². The molecule has 1 amide bonds. The van der Waals surface area contributed by atoms with Crippen LogP contribution in [0.2, 0.25) is 0 Å². The monoisotopic (exact) mass is 480 g/mol. The first kappa shape index (κ1) is 23.5. The number of nitrogens with zero attached hydrogens (tertiary/aromatic N) is 2. The molecule has 2 unspecified atom stereocenters. The molecule has 0 aliphatic carbocycles. The molecule has 0 bridgehead atoms. The molecule has 9 heteroatoms. The first-order chi connectivity index (χ1) is 17.1. The third-order valence-electron chi connectivity index (χ3n) is 6.43. The highest BCUT2D eigenvalue weighted by Gasteiger charge is 2.27. The van der Waals surface area contributed by atoms with Gasteiger partial charge < -0.3 is 34.2 Å². The number of carbonyl (C=O) groups is 1. The summed E-state index contributed by atoms with van der Waals surface area (Å²) in [5.41, 5.74) is 1.76. The average Bonchev–Trinajstić information content (AvgIpc) is 3.37. The predicted octanol–water partition coefficient (Wildman–Crippen LogP) is 2.07. The maximum Gasteiger partial charge on any atom is 0.287 e. The van der Waals surface area contributed by atoms with Crippen molar-refractivity contribution in [2.45, 2.75) is 18.9 Å². The number of para-hydroxylation sites is 1. The van der Waals surface area contributed by atoms with Gasteiger partial charge in [-0.25, -0.2) is 0 Å². The number of dihydropyridines is 1. The molecule has 9 nitrogen and oxygen atoms in total. The number of rotatable bonds is 7. The van der Waals surface area contributed by atoms with Crippen molar-refractivity contribution in [3.8, 4) is 11.5 Å². The van der Waals surface area contributed by atoms with Crippen molar-refractivity contribution in [3.63, 3.8) is 0 Å². The minimum atomic E-state index is -0.328. The zero-order valence-corrected chi connectivity index (χ0v) is 20.2. The molecule has 35 heavy (non-hydrogen) atoms. The van der Waals surface area contributed by atoms with Gasteiger partial charge in [-0.3, -0.25) is 9.69 Å². The fourth-order valence-corrected chi connectivity index (χ4v) is 4.36. The minimum Gasteiger partial charge on any atom is -0.486 e. The third-order valence-corrected chi connectivity index (χ3v) is 6.43. The lowest BCUT2D eigenvalue weighted by Gasteiger charge is -2.31. The zero-order valence-electron chi connectivity index (χ0n) is 20.2. The van der Waals surface area contributed by atoms with E-state index in [1.807, 2.05) is 42.5 Å². The number of allylic oxidation sites excluding steroid dienone is 2. The summed E-state index contributed by atoms with van der Waals surface area (Å²) in [5.74, 6) is 2.17. The maximum absolute atomic E-state index is 12.7. The molecule has 186 valence electrons. The minimum absolute atomic E-state index is 0.208. The van der Waals surface area contributed by atoms with Crippen LogP contribution in [0.25, 0.3) is 5.70 Å². The molecule has 5 rings (SSSR count). The Kier molecular flexibility index (Phi) is 7.08. The Hall–Kier alpha value is -3.27. The number of fused-ring (bicyclic) bond motifs is 1. The Morgan fingerprint density at radius 3 is 2.89 bits per heavy atom. The van der Waals surface area contributed by atoms with E-state index < -0.39 is 0 Å². The summed E-state index contributed by atoms with van der Waals surface area (Å²) in [7, 11) is 3.78. The number of ether oxygens (including phenoxy) is 3. The van der Waals surface area contributed by atoms with Crippen LogP contribution in [0, 0.1) is 0 Å². The van der Waals surface area contributed by atoms with E-state index in [0.717, 1.165) is 43.2 Å². The highest BCUT2D eigenvalue weighted by Crippen LogP contribution is 2.38. The molecule has 1 aromatic heterocycles. The van der Waals surface area contributed by atoms with Crippen LogP contribution in [0.4, 0.5) is 0 Å². The lowest BCUT2D eigenvalue weighted by atomic mass is 10.1. The number of piperazine rings is 1. The van der Waals surface area contributed by atoms with Crippen molar-refractivity contribution in [3.05, 3.63) is 65.6 Å². The fraction of sp³-hybridized carbons (Fsp3) is 0.423. The quantitative estimate of drug-likeness (QED) is 0.623. The number of amides is 1. The highest BCUT2D eigenvalue weighted by molar-refractivity contribution is 5.91. The van der Waals surface area contributed by atoms with Crippen LogP contribution in [0.15, 0.2) is 53.0 Å². The molecule has 2 atom stereocenters. The number of nitrogens with one attached hydrogen (secondary N) is 2. The third kappa shape index (κ3) is 5.53. The Balaban J connectivity index is 1.18. The maximum atomic E-state index is 12.7. The molecular formula is C26H32N4O5. The van der Waals surface area contributed by atoms with E-state index in [2.05, 4.69) is 27.5 Å². The molecule has 0 radical (unpaired) electrons. The number of likely N-dealkylation sites (N-methyl/N-ethyl adjacent to an activating group) is 1. The molecular weight excluding hydrogens is 448 g/mol. The summed E-state index contributed by atoms with van der Waals surface area (Å²) in [5, 5.41) is 6.24. The van der Waals surface area contributed by atoms with Crippen LogP contribution in [-0.2, 0) is 11.3 Å². The predicted molar refractivity (Wildman–Crippen MR) is 131 cm³/mol. The normalized spacial score (nSPS) is 22.4. The Morgan fingerprint density at radius 1 is 1.20 bits per heavy atom. The number of hydrogen-bond acceptors (Lipinski definition) is 8. The Morgan fingerprint density at radius 2 is 2.06 bits per heavy atom. The Labute approximate surface area is 205 Å². The topological polar surface area (TPSA) is 88.4 Å². The van der Waals surface area contributed by atoms with E-state index in [9.17, 15) is 4.79 Å². The molecule has 2 aromatic rings. The average molecular weight is 481 g/mol. The lowest BCUT2D eigenvalue weighted by Crippen LogP contribution is -2.43. The molecule has 1 saturated heterocycles. The van der Waals surface area contributed by atoms with Gasteiger partial charge in [0.1, 0.15) is 24.7 Å². The van der Waals surface area contributed by atoms with Crippen molar-refractivity contribution in [2.24, 2.45) is 0 Å². The van der Waals surface area contributed by atoms with Gasteiger partial charge in [0, 0.05) is 44.5 Å². The number of hydrogen-bond donors (Lipinski definition) is 2. The largest absolute Gasteiger partial charge is 0.486 e. The van der Waals surface area contributed by atoms with Gasteiger partial charge in [0.15, 0.2) is 17.3 Å². The number of carbonyl (C=O) groups excluding carboxylic acids is 1. The van der Waals surface area contributed by atoms with Crippen molar-refractivity contribution < 1.29 is 23.4 Å². The van der Waals surface area contributed by atoms with Gasteiger partial charge in [-0.2, -0.15) is 0 Å². The van der Waals surface area contributed by atoms with E-state index in [-0.39, 0.29) is 18.2 Å². The first-order valence-corrected chi connectivity index (χ1v) is 12.0. The molecule has 3 aliphatic rings. The lowest BCUT2D eigenvalue weighted by molar-refractivity contribution is 0.0766. The molecule has 1 fully saturated rings. The zero-order chi connectivity index (χ0) is 24.2. The van der Waals surface area contributed by atoms with Crippen LogP contribution in [0.3, 0.4) is 0 Å². The van der Waals surface area contributed by atoms with Gasteiger partial charge in [-0.15, -0.1) is 0 Å². The van der Waals surface area contributed by atoms with Crippen LogP contribution in [0.1, 0.15) is 21.9 Å². The van der Waals surface area contributed by atoms with Gasteiger partial charge in [-0.05, 0) is 43.5 Å². The number of methoxy groups -OCH3 is 1. The van der Waals surface area contributed by atoms with Gasteiger partial charge in [0.05, 0.1) is 13.1 Å². The van der Waals surface area contributed by atoms with Crippen molar-refractivity contribution in [2.75, 3.05) is 53.5 Å². The standard InChI is InChI=1S/C26H32N4O5/c1-29-11-13-30(14-12-29)16-18-9-10-23(34-18)26(31)27-15-19-17-33-22-7-3-5-20(25(22)35-19)21-6-4-8-24(28-21)32-2/h3-10,19,24,28H,11-17H2,1-2H3,(H,27,31). The number of benzene rings is 1. The summed E-state index contributed by atoms with van der Waals surface area (Å²) < 4.78 is 23.4. The van der Waals surface area contributed by atoms with Crippen molar-refractivity contribution in [1.29, 1.82) is 0 Å². The highest BCUT2D eigenvalue weighted by atomic mass is 16.6. The molecule has 0 saturated carbocycles. The molecule has 3 aliphatic heterocycles. The Bertz CT molecular complexity index is 1100. The van der Waals surface area contributed by atoms with Crippen molar-refractivity contribution in [1.82, 2.24) is 20.4 Å². The summed E-state index contributed by atoms with van der Waals surface area (Å²) in [4.78, 5) is 17.4. The van der Waals surface area contributed by atoms with E-state index >= 15 is 0 Å². The van der Waals surface area contributed by atoms with Crippen LogP contribution in [-0.4, -0.2) is 81.5 Å². The van der Waals surface area contributed by atoms with E-state index in [4.69, 9.17) is 18.6 Å². The smallest absolute Gasteiger partial charge is 0.287 e. The number of furan rings is 1. The molecule has 4 heterocycles. The van der Waals surface area contributed by atoms with Crippen LogP contribution >= 0.6 is 0 Å². The summed E-state index contributed by atoms with van der Waals surface area (Å²) in [6.07, 6.45) is 5.31. The summed E-state index contributed by atoms with van der Waals surface area (Å²) in [6.45, 7) is 5.43. The molecule has 1 aromatic carbocycles. The SMILES string of the molecule is COC1C=CC=C(c2cccc3c2OC(CNC(=O)c2ccc(CN4CCN(C)CC4)o2)CO3)N1. The van der Waals surface area contributed by atoms with Gasteiger partial charge in [0.2, 0.25) is 0 Å². The van der Waals surface area contributed by atoms with Crippen LogP contribution < -0.4 is 20.1 Å². The van der Waals surface area contributed by atoms with E-state index in [0.29, 0.717) is 37.0 Å². The summed E-state index contributed by atoms with van der Waals surface area (Å²) >= 11 is 0. The first-order valence-electron chi connectivity index (χ1n) is 12.0. The van der Waals surface area contributed by atoms with Gasteiger partial charge >= 0.3 is 0 Å².